The van der Waals surface area contributed by atoms with Crippen molar-refractivity contribution in [1.29, 1.82) is 5.26 Å². The van der Waals surface area contributed by atoms with Crippen molar-refractivity contribution >= 4 is 29.3 Å². The van der Waals surface area contributed by atoms with E-state index in [2.05, 4.69) is 5.32 Å². The fraction of sp³-hybridized carbons (Fsp3) is 0.167. The van der Waals surface area contributed by atoms with Gasteiger partial charge in [0.15, 0.2) is 0 Å². The molecule has 0 aliphatic carbocycles. The lowest BCUT2D eigenvalue weighted by atomic mass is 10.1. The molecule has 1 heterocycles. The second-order valence-corrected chi connectivity index (χ2v) is 7.27. The number of hydrogen-bond acceptors (Lipinski definition) is 4. The lowest BCUT2D eigenvalue weighted by molar-refractivity contribution is -0.112. The number of benzene rings is 2. The Hall–Kier alpha value is -3.69. The van der Waals surface area contributed by atoms with Crippen LogP contribution in [0.5, 0.6) is 11.5 Å². The Balaban J connectivity index is 1.95. The van der Waals surface area contributed by atoms with E-state index in [1.54, 1.807) is 56.7 Å². The van der Waals surface area contributed by atoms with Gasteiger partial charge in [-0.3, -0.25) is 4.79 Å². The van der Waals surface area contributed by atoms with Crippen molar-refractivity contribution in [3.05, 3.63) is 76.1 Å². The molecule has 158 valence electrons. The fourth-order valence-corrected chi connectivity index (χ4v) is 3.49. The molecule has 0 unspecified atom stereocenters. The van der Waals surface area contributed by atoms with Crippen LogP contribution in [-0.4, -0.2) is 24.7 Å². The zero-order valence-electron chi connectivity index (χ0n) is 17.7. The normalized spacial score (nSPS) is 11.0. The first-order valence-electron chi connectivity index (χ1n) is 9.48. The summed E-state index contributed by atoms with van der Waals surface area (Å²) in [5.41, 5.74) is 3.86. The highest BCUT2D eigenvalue weighted by molar-refractivity contribution is 6.30. The highest BCUT2D eigenvalue weighted by Crippen LogP contribution is 2.31. The molecule has 0 spiro atoms. The third-order valence-electron chi connectivity index (χ3n) is 4.86. The molecule has 0 fully saturated rings. The predicted octanol–water partition coefficient (Wildman–Crippen LogP) is 5.31. The van der Waals surface area contributed by atoms with Crippen LogP contribution in [0.15, 0.2) is 54.1 Å². The lowest BCUT2D eigenvalue weighted by Gasteiger charge is -2.14. The average molecular weight is 436 g/mol. The van der Waals surface area contributed by atoms with Gasteiger partial charge in [-0.1, -0.05) is 11.6 Å². The fourth-order valence-electron chi connectivity index (χ4n) is 3.32. The second-order valence-electron chi connectivity index (χ2n) is 6.83. The summed E-state index contributed by atoms with van der Waals surface area (Å²) in [5.74, 6) is 0.857. The van der Waals surface area contributed by atoms with E-state index in [4.69, 9.17) is 21.1 Å². The van der Waals surface area contributed by atoms with E-state index in [0.29, 0.717) is 22.2 Å². The Morgan fingerprint density at radius 2 is 1.81 bits per heavy atom. The summed E-state index contributed by atoms with van der Waals surface area (Å²) in [6.07, 6.45) is 1.58. The van der Waals surface area contributed by atoms with Crippen LogP contribution >= 0.6 is 11.6 Å². The molecule has 6 nitrogen and oxygen atoms in total. The number of ether oxygens (including phenoxy) is 2. The molecule has 31 heavy (non-hydrogen) atoms. The zero-order valence-corrected chi connectivity index (χ0v) is 18.4. The van der Waals surface area contributed by atoms with E-state index in [-0.39, 0.29) is 5.57 Å². The molecular weight excluding hydrogens is 414 g/mol. The minimum Gasteiger partial charge on any atom is -0.497 e. The van der Waals surface area contributed by atoms with Crippen molar-refractivity contribution in [2.24, 2.45) is 0 Å². The molecule has 1 N–H and O–H groups in total. The molecule has 0 aliphatic heterocycles. The minimum absolute atomic E-state index is 0.00544. The number of hydrogen-bond donors (Lipinski definition) is 1. The summed E-state index contributed by atoms with van der Waals surface area (Å²) in [6.45, 7) is 3.85. The third-order valence-corrected chi connectivity index (χ3v) is 5.10. The standard InChI is InChI=1S/C24H22ClN3O3/c1-15-11-17(16(2)28(15)22-13-19(25)5-10-23(22)31-4)12-18(14-26)24(29)27-20-6-8-21(30-3)9-7-20/h5-13H,1-4H3,(H,27,29)/b18-12-. The number of nitrogens with one attached hydrogen (secondary N) is 1. The summed E-state index contributed by atoms with van der Waals surface area (Å²) in [7, 11) is 3.17. The van der Waals surface area contributed by atoms with Gasteiger partial charge in [-0.05, 0) is 74.0 Å². The van der Waals surface area contributed by atoms with Crippen molar-refractivity contribution in [3.8, 4) is 23.3 Å². The molecule has 3 rings (SSSR count). The van der Waals surface area contributed by atoms with Gasteiger partial charge in [0.25, 0.3) is 5.91 Å². The van der Waals surface area contributed by atoms with E-state index in [1.807, 2.05) is 36.6 Å². The Labute approximate surface area is 186 Å². The number of carbonyl (C=O) groups excluding carboxylic acids is 1. The Morgan fingerprint density at radius 1 is 1.10 bits per heavy atom. The van der Waals surface area contributed by atoms with Crippen molar-refractivity contribution < 1.29 is 14.3 Å². The molecule has 1 aromatic heterocycles. The second kappa shape index (κ2) is 9.41. The first kappa shape index (κ1) is 22.0. The lowest BCUT2D eigenvalue weighted by Crippen LogP contribution is -2.13. The Bertz CT molecular complexity index is 1190. The molecular formula is C24H22ClN3O3. The zero-order chi connectivity index (χ0) is 22.5. The van der Waals surface area contributed by atoms with Gasteiger partial charge in [-0.15, -0.1) is 0 Å². The highest BCUT2D eigenvalue weighted by atomic mass is 35.5. The maximum Gasteiger partial charge on any atom is 0.266 e. The number of aromatic nitrogens is 1. The Morgan fingerprint density at radius 3 is 2.42 bits per heavy atom. The molecule has 0 aliphatic rings. The number of carbonyl (C=O) groups is 1. The number of halogens is 1. The van der Waals surface area contributed by atoms with Crippen molar-refractivity contribution in [1.82, 2.24) is 4.57 Å². The van der Waals surface area contributed by atoms with Crippen LogP contribution in [0.25, 0.3) is 11.8 Å². The van der Waals surface area contributed by atoms with Gasteiger partial charge >= 0.3 is 0 Å². The largest absolute Gasteiger partial charge is 0.497 e. The van der Waals surface area contributed by atoms with Gasteiger partial charge in [-0.2, -0.15) is 5.26 Å². The van der Waals surface area contributed by atoms with E-state index in [1.165, 1.54) is 0 Å². The third kappa shape index (κ3) is 4.73. The monoisotopic (exact) mass is 435 g/mol. The van der Waals surface area contributed by atoms with Crippen LogP contribution in [0.1, 0.15) is 17.0 Å². The quantitative estimate of drug-likeness (QED) is 0.420. The first-order chi connectivity index (χ1) is 14.9. The summed E-state index contributed by atoms with van der Waals surface area (Å²) in [4.78, 5) is 12.6. The van der Waals surface area contributed by atoms with Gasteiger partial charge < -0.3 is 19.4 Å². The molecule has 0 saturated heterocycles. The van der Waals surface area contributed by atoms with Crippen molar-refractivity contribution in [2.75, 3.05) is 19.5 Å². The molecule has 3 aromatic rings. The number of methoxy groups -OCH3 is 2. The van der Waals surface area contributed by atoms with E-state index in [9.17, 15) is 10.1 Å². The summed E-state index contributed by atoms with van der Waals surface area (Å²) < 4.78 is 12.6. The maximum absolute atomic E-state index is 12.6. The molecule has 2 aromatic carbocycles. The van der Waals surface area contributed by atoms with Crippen molar-refractivity contribution in [2.45, 2.75) is 13.8 Å². The number of nitrogens with zero attached hydrogens (tertiary/aromatic N) is 2. The van der Waals surface area contributed by atoms with E-state index >= 15 is 0 Å². The minimum atomic E-state index is -0.488. The van der Waals surface area contributed by atoms with E-state index in [0.717, 1.165) is 22.6 Å². The first-order valence-corrected chi connectivity index (χ1v) is 9.85. The molecule has 0 bridgehead atoms. The number of rotatable bonds is 6. The summed E-state index contributed by atoms with van der Waals surface area (Å²) in [5, 5.41) is 12.9. The van der Waals surface area contributed by atoms with Crippen LogP contribution in [0.4, 0.5) is 5.69 Å². The van der Waals surface area contributed by atoms with Gasteiger partial charge in [0.1, 0.15) is 23.1 Å². The molecule has 0 atom stereocenters. The van der Waals surface area contributed by atoms with Crippen LogP contribution in [0, 0.1) is 25.2 Å². The van der Waals surface area contributed by atoms with Gasteiger partial charge in [0.2, 0.25) is 0 Å². The summed E-state index contributed by atoms with van der Waals surface area (Å²) in [6, 6.07) is 16.2. The molecule has 0 radical (unpaired) electrons. The number of aryl methyl sites for hydroxylation is 1. The van der Waals surface area contributed by atoms with Crippen molar-refractivity contribution in [3.63, 3.8) is 0 Å². The number of amides is 1. The smallest absolute Gasteiger partial charge is 0.266 e. The van der Waals surface area contributed by atoms with Gasteiger partial charge in [0, 0.05) is 22.1 Å². The maximum atomic E-state index is 12.6. The number of nitriles is 1. The predicted molar refractivity (Wildman–Crippen MR) is 122 cm³/mol. The van der Waals surface area contributed by atoms with Crippen LogP contribution in [-0.2, 0) is 4.79 Å². The van der Waals surface area contributed by atoms with Crippen LogP contribution in [0.2, 0.25) is 5.02 Å². The summed E-state index contributed by atoms with van der Waals surface area (Å²) >= 11 is 6.19. The van der Waals surface area contributed by atoms with E-state index < -0.39 is 5.91 Å². The molecule has 7 heteroatoms. The van der Waals surface area contributed by atoms with Gasteiger partial charge in [-0.25, -0.2) is 0 Å². The van der Waals surface area contributed by atoms with Gasteiger partial charge in [0.05, 0.1) is 19.9 Å². The highest BCUT2D eigenvalue weighted by Gasteiger charge is 2.16. The topological polar surface area (TPSA) is 76.3 Å². The number of anilines is 1. The SMILES string of the molecule is COc1ccc(NC(=O)/C(C#N)=C\c2cc(C)n(-c3cc(Cl)ccc3OC)c2C)cc1. The molecule has 1 amide bonds. The van der Waals surface area contributed by atoms with Crippen LogP contribution in [0.3, 0.4) is 0 Å². The van der Waals surface area contributed by atoms with Crippen LogP contribution < -0.4 is 14.8 Å². The average Bonchev–Trinajstić information content (AvgIpc) is 3.05. The molecule has 0 saturated carbocycles. The Kier molecular flexibility index (Phi) is 6.68.